The number of fused-ring (bicyclic) bond motifs is 1. The summed E-state index contributed by atoms with van der Waals surface area (Å²) < 4.78 is 1.91. The van der Waals surface area contributed by atoms with Gasteiger partial charge >= 0.3 is 0 Å². The number of carbonyl (C=O) groups excluding carboxylic acids is 1. The first-order valence-electron chi connectivity index (χ1n) is 6.23. The summed E-state index contributed by atoms with van der Waals surface area (Å²) >= 11 is 0. The van der Waals surface area contributed by atoms with Gasteiger partial charge in [0, 0.05) is 12.1 Å². The summed E-state index contributed by atoms with van der Waals surface area (Å²) in [6.07, 6.45) is 7.75. The molecule has 0 amide bonds. The summed E-state index contributed by atoms with van der Waals surface area (Å²) in [6.45, 7) is 2.05. The first-order chi connectivity index (χ1) is 8.29. The number of carbonyl (C=O) groups is 1. The lowest BCUT2D eigenvalue weighted by Crippen LogP contribution is -1.99. The number of hydrogen-bond acceptors (Lipinski definition) is 2. The van der Waals surface area contributed by atoms with E-state index in [9.17, 15) is 4.79 Å². The number of nitrogens with zero attached hydrogens (tertiary/aromatic N) is 2. The Hall–Kier alpha value is -1.64. The van der Waals surface area contributed by atoms with E-state index in [2.05, 4.69) is 4.98 Å². The largest absolute Gasteiger partial charge is 0.297 e. The van der Waals surface area contributed by atoms with Crippen LogP contribution in [0.1, 0.15) is 53.3 Å². The summed E-state index contributed by atoms with van der Waals surface area (Å²) in [7, 11) is 0. The zero-order valence-corrected chi connectivity index (χ0v) is 10.0. The maximum atomic E-state index is 11.3. The van der Waals surface area contributed by atoms with Crippen LogP contribution < -0.4 is 0 Å². The molecule has 2 aromatic rings. The standard InChI is InChI=1S/C14H16N2O/c1-10-6-7-16-12(9-17)14(15-13(16)8-10)11-4-2-3-5-11/h6-9,11H,2-5H2,1H3. The van der Waals surface area contributed by atoms with E-state index < -0.39 is 0 Å². The molecule has 0 radical (unpaired) electrons. The van der Waals surface area contributed by atoms with E-state index in [-0.39, 0.29) is 0 Å². The molecule has 3 nitrogen and oxygen atoms in total. The van der Waals surface area contributed by atoms with E-state index in [0.29, 0.717) is 5.92 Å². The number of hydrogen-bond donors (Lipinski definition) is 0. The van der Waals surface area contributed by atoms with Gasteiger partial charge in [0.2, 0.25) is 0 Å². The van der Waals surface area contributed by atoms with Crippen LogP contribution in [-0.2, 0) is 0 Å². The third-order valence-corrected chi connectivity index (χ3v) is 3.70. The van der Waals surface area contributed by atoms with Crippen molar-refractivity contribution in [2.24, 2.45) is 0 Å². The second kappa shape index (κ2) is 3.99. The fraction of sp³-hybridized carbons (Fsp3) is 0.429. The Kier molecular flexibility index (Phi) is 2.46. The minimum absolute atomic E-state index is 0.482. The van der Waals surface area contributed by atoms with Crippen molar-refractivity contribution in [2.75, 3.05) is 0 Å². The maximum absolute atomic E-state index is 11.3. The van der Waals surface area contributed by atoms with Crippen LogP contribution in [0.15, 0.2) is 18.3 Å². The van der Waals surface area contributed by atoms with Crippen LogP contribution in [0.25, 0.3) is 5.65 Å². The Bertz CT molecular complexity index is 565. The van der Waals surface area contributed by atoms with Crippen molar-refractivity contribution < 1.29 is 4.79 Å². The first-order valence-corrected chi connectivity index (χ1v) is 6.23. The van der Waals surface area contributed by atoms with Crippen LogP contribution in [0.5, 0.6) is 0 Å². The zero-order valence-electron chi connectivity index (χ0n) is 10.0. The summed E-state index contributed by atoms with van der Waals surface area (Å²) in [4.78, 5) is 15.9. The normalized spacial score (nSPS) is 16.8. The van der Waals surface area contributed by atoms with E-state index in [4.69, 9.17) is 0 Å². The van der Waals surface area contributed by atoms with Crippen molar-refractivity contribution in [3.8, 4) is 0 Å². The Morgan fingerprint density at radius 3 is 2.88 bits per heavy atom. The highest BCUT2D eigenvalue weighted by molar-refractivity contribution is 5.77. The number of rotatable bonds is 2. The SMILES string of the molecule is Cc1ccn2c(C=O)c(C3CCCC3)nc2c1. The van der Waals surface area contributed by atoms with Crippen LogP contribution in [0.2, 0.25) is 0 Å². The molecule has 2 heterocycles. The van der Waals surface area contributed by atoms with Crippen molar-refractivity contribution >= 4 is 11.9 Å². The van der Waals surface area contributed by atoms with E-state index >= 15 is 0 Å². The van der Waals surface area contributed by atoms with Gasteiger partial charge in [0.1, 0.15) is 11.3 Å². The number of imidazole rings is 1. The molecule has 0 spiro atoms. The molecule has 2 aromatic heterocycles. The number of aryl methyl sites for hydroxylation is 1. The van der Waals surface area contributed by atoms with Gasteiger partial charge in [-0.3, -0.25) is 9.20 Å². The van der Waals surface area contributed by atoms with Crippen LogP contribution in [0, 0.1) is 6.92 Å². The molecule has 1 saturated carbocycles. The fourth-order valence-electron chi connectivity index (χ4n) is 2.80. The molecule has 1 fully saturated rings. The summed E-state index contributed by atoms with van der Waals surface area (Å²) in [5.74, 6) is 0.482. The predicted octanol–water partition coefficient (Wildman–Crippen LogP) is 3.11. The minimum Gasteiger partial charge on any atom is -0.297 e. The van der Waals surface area contributed by atoms with Crippen LogP contribution >= 0.6 is 0 Å². The lowest BCUT2D eigenvalue weighted by molar-refractivity contribution is 0.111. The zero-order chi connectivity index (χ0) is 11.8. The Morgan fingerprint density at radius 1 is 1.41 bits per heavy atom. The molecular weight excluding hydrogens is 212 g/mol. The van der Waals surface area contributed by atoms with Crippen molar-refractivity contribution in [1.29, 1.82) is 0 Å². The van der Waals surface area contributed by atoms with Crippen LogP contribution in [-0.4, -0.2) is 15.7 Å². The molecule has 0 unspecified atom stereocenters. The first kappa shape index (κ1) is 10.5. The quantitative estimate of drug-likeness (QED) is 0.740. The van der Waals surface area contributed by atoms with Gasteiger partial charge in [-0.05, 0) is 37.5 Å². The molecular formula is C14H16N2O. The Labute approximate surface area is 100 Å². The average Bonchev–Trinajstić information content (AvgIpc) is 2.94. The van der Waals surface area contributed by atoms with Crippen LogP contribution in [0.3, 0.4) is 0 Å². The molecule has 0 bridgehead atoms. The molecule has 3 heteroatoms. The fourth-order valence-corrected chi connectivity index (χ4v) is 2.80. The van der Waals surface area contributed by atoms with E-state index in [1.807, 2.05) is 29.7 Å². The Morgan fingerprint density at radius 2 is 2.18 bits per heavy atom. The molecule has 88 valence electrons. The van der Waals surface area contributed by atoms with Gasteiger partial charge in [0.25, 0.3) is 0 Å². The molecule has 0 saturated heterocycles. The third kappa shape index (κ3) is 1.66. The second-order valence-electron chi connectivity index (χ2n) is 4.91. The van der Waals surface area contributed by atoms with Gasteiger partial charge in [0.15, 0.2) is 6.29 Å². The predicted molar refractivity (Wildman–Crippen MR) is 66.5 cm³/mol. The van der Waals surface area contributed by atoms with E-state index in [0.717, 1.165) is 23.3 Å². The molecule has 1 aliphatic rings. The lowest BCUT2D eigenvalue weighted by atomic mass is 10.0. The number of aldehydes is 1. The van der Waals surface area contributed by atoms with Crippen molar-refractivity contribution in [2.45, 2.75) is 38.5 Å². The van der Waals surface area contributed by atoms with Crippen LogP contribution in [0.4, 0.5) is 0 Å². The highest BCUT2D eigenvalue weighted by Crippen LogP contribution is 2.35. The van der Waals surface area contributed by atoms with E-state index in [1.54, 1.807) is 0 Å². The summed E-state index contributed by atoms with van der Waals surface area (Å²) in [5.41, 5.74) is 3.82. The Balaban J connectivity index is 2.19. The van der Waals surface area contributed by atoms with Crippen molar-refractivity contribution in [1.82, 2.24) is 9.38 Å². The lowest BCUT2D eigenvalue weighted by Gasteiger charge is -2.05. The minimum atomic E-state index is 0.482. The molecule has 0 atom stereocenters. The summed E-state index contributed by atoms with van der Waals surface area (Å²) in [5, 5.41) is 0. The molecule has 3 rings (SSSR count). The van der Waals surface area contributed by atoms with Crippen molar-refractivity contribution in [3.63, 3.8) is 0 Å². The van der Waals surface area contributed by atoms with Gasteiger partial charge in [-0.2, -0.15) is 0 Å². The number of pyridine rings is 1. The molecule has 1 aliphatic carbocycles. The van der Waals surface area contributed by atoms with E-state index in [1.165, 1.54) is 31.2 Å². The molecule has 0 N–H and O–H groups in total. The maximum Gasteiger partial charge on any atom is 0.168 e. The van der Waals surface area contributed by atoms with Gasteiger partial charge in [0.05, 0.1) is 5.69 Å². The molecule has 0 aliphatic heterocycles. The van der Waals surface area contributed by atoms with Gasteiger partial charge < -0.3 is 0 Å². The van der Waals surface area contributed by atoms with Gasteiger partial charge in [-0.25, -0.2) is 4.98 Å². The third-order valence-electron chi connectivity index (χ3n) is 3.70. The molecule has 0 aromatic carbocycles. The summed E-state index contributed by atoms with van der Waals surface area (Å²) in [6, 6.07) is 4.05. The highest BCUT2D eigenvalue weighted by Gasteiger charge is 2.24. The number of aromatic nitrogens is 2. The molecule has 17 heavy (non-hydrogen) atoms. The topological polar surface area (TPSA) is 34.4 Å². The highest BCUT2D eigenvalue weighted by atomic mass is 16.1. The second-order valence-corrected chi connectivity index (χ2v) is 4.91. The van der Waals surface area contributed by atoms with Crippen molar-refractivity contribution in [3.05, 3.63) is 35.3 Å². The van der Waals surface area contributed by atoms with Gasteiger partial charge in [-0.1, -0.05) is 12.8 Å². The smallest absolute Gasteiger partial charge is 0.168 e. The monoisotopic (exact) mass is 228 g/mol. The average molecular weight is 228 g/mol. The van der Waals surface area contributed by atoms with Gasteiger partial charge in [-0.15, -0.1) is 0 Å².